The van der Waals surface area contributed by atoms with Crippen LogP contribution in [0.3, 0.4) is 0 Å². The third kappa shape index (κ3) is 5.90. The van der Waals surface area contributed by atoms with Gasteiger partial charge in [-0.05, 0) is 68.1 Å². The van der Waals surface area contributed by atoms with Crippen molar-refractivity contribution in [2.45, 2.75) is 47.2 Å². The van der Waals surface area contributed by atoms with E-state index in [0.29, 0.717) is 36.1 Å². The Labute approximate surface area is 190 Å². The van der Waals surface area contributed by atoms with Crippen molar-refractivity contribution in [1.82, 2.24) is 15.1 Å². The molecule has 3 aromatic rings. The minimum atomic E-state index is -0.185. The highest BCUT2D eigenvalue weighted by Crippen LogP contribution is 2.30. The number of aryl methyl sites for hydroxylation is 2. The van der Waals surface area contributed by atoms with Gasteiger partial charge in [0, 0.05) is 11.3 Å². The molecular formula is C26H33N3O3. The fraction of sp³-hybridized carbons (Fsp3) is 0.385. The lowest BCUT2D eigenvalue weighted by atomic mass is 10.1. The van der Waals surface area contributed by atoms with Crippen LogP contribution in [0.2, 0.25) is 0 Å². The van der Waals surface area contributed by atoms with Crippen molar-refractivity contribution in [2.24, 2.45) is 5.92 Å². The summed E-state index contributed by atoms with van der Waals surface area (Å²) in [6.07, 6.45) is 0. The SMILES string of the molecule is COc1cc(C(C)NC(=O)c2cccc(Cn3nc(C)cc3C)c2)ccc1OCC(C)C. The number of carbonyl (C=O) groups is 1. The quantitative estimate of drug-likeness (QED) is 0.509. The zero-order valence-corrected chi connectivity index (χ0v) is 19.8. The van der Waals surface area contributed by atoms with Crippen LogP contribution in [0.4, 0.5) is 0 Å². The van der Waals surface area contributed by atoms with Gasteiger partial charge in [-0.1, -0.05) is 32.0 Å². The highest BCUT2D eigenvalue weighted by molar-refractivity contribution is 5.94. The predicted octanol–water partition coefficient (Wildman–Crippen LogP) is 5.08. The van der Waals surface area contributed by atoms with Crippen LogP contribution in [0.25, 0.3) is 0 Å². The predicted molar refractivity (Wildman–Crippen MR) is 126 cm³/mol. The first-order valence-electron chi connectivity index (χ1n) is 11.0. The number of benzene rings is 2. The Hall–Kier alpha value is -3.28. The van der Waals surface area contributed by atoms with Gasteiger partial charge >= 0.3 is 0 Å². The van der Waals surface area contributed by atoms with Gasteiger partial charge in [-0.2, -0.15) is 5.10 Å². The Bertz CT molecular complexity index is 1070. The fourth-order valence-electron chi connectivity index (χ4n) is 3.51. The van der Waals surface area contributed by atoms with E-state index in [1.54, 1.807) is 7.11 Å². The van der Waals surface area contributed by atoms with Crippen molar-refractivity contribution in [3.05, 3.63) is 76.6 Å². The average Bonchev–Trinajstić information content (AvgIpc) is 3.08. The maximum absolute atomic E-state index is 12.9. The summed E-state index contributed by atoms with van der Waals surface area (Å²) < 4.78 is 13.3. The summed E-state index contributed by atoms with van der Waals surface area (Å²) in [5.74, 6) is 1.68. The second-order valence-corrected chi connectivity index (χ2v) is 8.60. The molecule has 1 unspecified atom stereocenters. The summed E-state index contributed by atoms with van der Waals surface area (Å²) in [5, 5.41) is 7.59. The molecule has 1 N–H and O–H groups in total. The Morgan fingerprint density at radius 1 is 1.06 bits per heavy atom. The maximum atomic E-state index is 12.9. The van der Waals surface area contributed by atoms with E-state index in [-0.39, 0.29) is 11.9 Å². The Balaban J connectivity index is 1.69. The Morgan fingerprint density at radius 2 is 1.84 bits per heavy atom. The normalized spacial score (nSPS) is 12.0. The monoisotopic (exact) mass is 435 g/mol. The summed E-state index contributed by atoms with van der Waals surface area (Å²) >= 11 is 0. The van der Waals surface area contributed by atoms with Crippen LogP contribution in [0.15, 0.2) is 48.5 Å². The lowest BCUT2D eigenvalue weighted by molar-refractivity contribution is 0.0939. The van der Waals surface area contributed by atoms with E-state index in [4.69, 9.17) is 9.47 Å². The molecule has 0 radical (unpaired) electrons. The summed E-state index contributed by atoms with van der Waals surface area (Å²) in [5.41, 5.74) is 4.69. The first kappa shape index (κ1) is 23.4. The topological polar surface area (TPSA) is 65.4 Å². The minimum Gasteiger partial charge on any atom is -0.493 e. The number of nitrogens with zero attached hydrogens (tertiary/aromatic N) is 2. The van der Waals surface area contributed by atoms with Crippen molar-refractivity contribution in [2.75, 3.05) is 13.7 Å². The van der Waals surface area contributed by atoms with Gasteiger partial charge in [0.05, 0.1) is 32.0 Å². The van der Waals surface area contributed by atoms with Gasteiger partial charge in [-0.25, -0.2) is 0 Å². The van der Waals surface area contributed by atoms with Crippen LogP contribution < -0.4 is 14.8 Å². The number of rotatable bonds is 9. The molecule has 1 amide bonds. The molecule has 0 spiro atoms. The van der Waals surface area contributed by atoms with Gasteiger partial charge in [-0.3, -0.25) is 9.48 Å². The third-order valence-corrected chi connectivity index (χ3v) is 5.23. The molecule has 0 bridgehead atoms. The van der Waals surface area contributed by atoms with Crippen LogP contribution in [0.1, 0.15) is 59.7 Å². The number of ether oxygens (including phenoxy) is 2. The van der Waals surface area contributed by atoms with E-state index in [0.717, 1.165) is 22.5 Å². The van der Waals surface area contributed by atoms with Crippen molar-refractivity contribution in [3.63, 3.8) is 0 Å². The molecular weight excluding hydrogens is 402 g/mol. The maximum Gasteiger partial charge on any atom is 0.251 e. The second kappa shape index (κ2) is 10.4. The van der Waals surface area contributed by atoms with Crippen LogP contribution in [-0.2, 0) is 6.54 Å². The smallest absolute Gasteiger partial charge is 0.251 e. The number of hydrogen-bond donors (Lipinski definition) is 1. The van der Waals surface area contributed by atoms with Crippen molar-refractivity contribution in [3.8, 4) is 11.5 Å². The molecule has 0 fully saturated rings. The molecule has 0 aliphatic rings. The van der Waals surface area contributed by atoms with E-state index in [1.807, 2.05) is 74.0 Å². The zero-order chi connectivity index (χ0) is 23.3. The van der Waals surface area contributed by atoms with Crippen LogP contribution in [0, 0.1) is 19.8 Å². The van der Waals surface area contributed by atoms with E-state index in [9.17, 15) is 4.79 Å². The lowest BCUT2D eigenvalue weighted by Crippen LogP contribution is -2.26. The van der Waals surface area contributed by atoms with Crippen LogP contribution >= 0.6 is 0 Å². The number of hydrogen-bond acceptors (Lipinski definition) is 4. The van der Waals surface area contributed by atoms with Gasteiger partial charge in [0.15, 0.2) is 11.5 Å². The summed E-state index contributed by atoms with van der Waals surface area (Å²) in [6.45, 7) is 11.4. The zero-order valence-electron chi connectivity index (χ0n) is 19.8. The first-order chi connectivity index (χ1) is 15.3. The fourth-order valence-corrected chi connectivity index (χ4v) is 3.51. The Kier molecular flexibility index (Phi) is 7.57. The van der Waals surface area contributed by atoms with Gasteiger partial charge in [0.25, 0.3) is 5.91 Å². The summed E-state index contributed by atoms with van der Waals surface area (Å²) in [6, 6.07) is 15.3. The average molecular weight is 436 g/mol. The van der Waals surface area contributed by atoms with Crippen molar-refractivity contribution < 1.29 is 14.3 Å². The standard InChI is InChI=1S/C26H33N3O3/c1-17(2)16-32-24-11-10-22(14-25(24)31-6)20(5)27-26(30)23-9-7-8-21(13-23)15-29-19(4)12-18(3)28-29/h7-14,17,20H,15-16H2,1-6H3,(H,27,30). The van der Waals surface area contributed by atoms with Gasteiger partial charge in [0.1, 0.15) is 0 Å². The number of aromatic nitrogens is 2. The van der Waals surface area contributed by atoms with E-state index < -0.39 is 0 Å². The van der Waals surface area contributed by atoms with E-state index in [2.05, 4.69) is 24.3 Å². The molecule has 1 aromatic heterocycles. The van der Waals surface area contributed by atoms with Crippen molar-refractivity contribution in [1.29, 1.82) is 0 Å². The van der Waals surface area contributed by atoms with Gasteiger partial charge in [0.2, 0.25) is 0 Å². The lowest BCUT2D eigenvalue weighted by Gasteiger charge is -2.18. The molecule has 0 saturated carbocycles. The van der Waals surface area contributed by atoms with Crippen LogP contribution in [-0.4, -0.2) is 29.4 Å². The van der Waals surface area contributed by atoms with Gasteiger partial charge in [-0.15, -0.1) is 0 Å². The first-order valence-corrected chi connectivity index (χ1v) is 11.0. The van der Waals surface area contributed by atoms with Gasteiger partial charge < -0.3 is 14.8 Å². The summed E-state index contributed by atoms with van der Waals surface area (Å²) in [7, 11) is 1.62. The molecule has 32 heavy (non-hydrogen) atoms. The highest BCUT2D eigenvalue weighted by Gasteiger charge is 2.15. The molecule has 0 aliphatic carbocycles. The molecule has 6 nitrogen and oxygen atoms in total. The molecule has 1 heterocycles. The third-order valence-electron chi connectivity index (χ3n) is 5.23. The Morgan fingerprint density at radius 3 is 2.50 bits per heavy atom. The van der Waals surface area contributed by atoms with E-state index in [1.165, 1.54) is 0 Å². The summed E-state index contributed by atoms with van der Waals surface area (Å²) in [4.78, 5) is 12.9. The number of carbonyl (C=O) groups excluding carboxylic acids is 1. The highest BCUT2D eigenvalue weighted by atomic mass is 16.5. The van der Waals surface area contributed by atoms with Crippen LogP contribution in [0.5, 0.6) is 11.5 Å². The number of nitrogens with one attached hydrogen (secondary N) is 1. The molecule has 3 rings (SSSR count). The molecule has 0 aliphatic heterocycles. The number of amides is 1. The second-order valence-electron chi connectivity index (χ2n) is 8.60. The molecule has 2 aromatic carbocycles. The minimum absolute atomic E-state index is 0.119. The number of methoxy groups -OCH3 is 1. The van der Waals surface area contributed by atoms with Crippen molar-refractivity contribution >= 4 is 5.91 Å². The largest absolute Gasteiger partial charge is 0.493 e. The molecule has 0 saturated heterocycles. The molecule has 6 heteroatoms. The molecule has 1 atom stereocenters. The van der Waals surface area contributed by atoms with E-state index >= 15 is 0 Å². The molecule has 170 valence electrons.